The first-order chi connectivity index (χ1) is 20.3. The molecule has 2 aromatic heterocycles. The van der Waals surface area contributed by atoms with E-state index in [1.54, 1.807) is 0 Å². The molecule has 0 radical (unpaired) electrons. The number of hydrogen-bond acceptors (Lipinski definition) is 4. The van der Waals surface area contributed by atoms with Crippen LogP contribution in [-0.4, -0.2) is 15.0 Å². The zero-order valence-electron chi connectivity index (χ0n) is 22.3. The van der Waals surface area contributed by atoms with Gasteiger partial charge < -0.3 is 0 Å². The molecule has 0 saturated heterocycles. The number of nitrogens with zero attached hydrogens (tertiary/aromatic N) is 3. The van der Waals surface area contributed by atoms with Crippen LogP contribution in [0.1, 0.15) is 18.4 Å². The van der Waals surface area contributed by atoms with Crippen molar-refractivity contribution in [2.45, 2.75) is 12.8 Å². The average molecular weight is 544 g/mol. The van der Waals surface area contributed by atoms with Crippen LogP contribution in [0.25, 0.3) is 70.7 Å². The molecule has 0 amide bonds. The maximum atomic E-state index is 5.10. The van der Waals surface area contributed by atoms with Crippen LogP contribution < -0.4 is 0 Å². The Balaban J connectivity index is 1.33. The van der Waals surface area contributed by atoms with E-state index in [1.165, 1.54) is 42.1 Å². The number of fused-ring (bicyclic) bond motifs is 5. The predicted octanol–water partition coefficient (Wildman–Crippen LogP) is 10.1. The molecule has 41 heavy (non-hydrogen) atoms. The van der Waals surface area contributed by atoms with Crippen molar-refractivity contribution in [1.29, 1.82) is 0 Å². The Morgan fingerprint density at radius 3 is 2.17 bits per heavy atom. The molecule has 1 aliphatic rings. The molecular formula is C37H25N3S. The summed E-state index contributed by atoms with van der Waals surface area (Å²) in [4.78, 5) is 15.1. The maximum Gasteiger partial charge on any atom is 0.164 e. The Labute approximate surface area is 242 Å². The summed E-state index contributed by atoms with van der Waals surface area (Å²) in [5.41, 5.74) is 5.47. The lowest BCUT2D eigenvalue weighted by atomic mass is 9.93. The standard InChI is InChI=1S/C37H25N3S/c1-3-11-24(12-4-1)28-15-7-8-16-30(28)37-39-35(25-13-5-2-6-14-25)38-36(40-37)27-19-21-29-26(23-27)20-22-33-34(29)31-17-9-10-18-32(31)41-33/h1-3,5-11,13-23H,4,12H2. The molecule has 0 unspecified atom stereocenters. The summed E-state index contributed by atoms with van der Waals surface area (Å²) in [6, 6.07) is 38.4. The molecule has 194 valence electrons. The molecule has 2 heterocycles. The molecule has 0 atom stereocenters. The van der Waals surface area contributed by atoms with Crippen LogP contribution in [0.2, 0.25) is 0 Å². The van der Waals surface area contributed by atoms with E-state index in [-0.39, 0.29) is 0 Å². The molecule has 1 aliphatic carbocycles. The highest BCUT2D eigenvalue weighted by molar-refractivity contribution is 7.26. The normalized spacial score (nSPS) is 13.2. The number of thiophene rings is 1. The summed E-state index contributed by atoms with van der Waals surface area (Å²) in [7, 11) is 0. The van der Waals surface area contributed by atoms with Gasteiger partial charge >= 0.3 is 0 Å². The van der Waals surface area contributed by atoms with E-state index in [1.807, 2.05) is 29.5 Å². The van der Waals surface area contributed by atoms with Crippen molar-refractivity contribution in [3.8, 4) is 34.2 Å². The maximum absolute atomic E-state index is 5.10. The molecule has 4 heteroatoms. The van der Waals surface area contributed by atoms with Crippen LogP contribution in [-0.2, 0) is 0 Å². The SMILES string of the molecule is C1=CCCC(c2ccccc2-c2nc(-c3ccccc3)nc(-c3ccc4c(ccc5sc6ccccc6c54)c3)n2)=C1. The second-order valence-corrected chi connectivity index (χ2v) is 11.4. The first-order valence-corrected chi connectivity index (χ1v) is 14.7. The number of rotatable bonds is 4. The highest BCUT2D eigenvalue weighted by atomic mass is 32.1. The lowest BCUT2D eigenvalue weighted by Gasteiger charge is -2.15. The summed E-state index contributed by atoms with van der Waals surface area (Å²) in [5.74, 6) is 2.05. The molecule has 8 rings (SSSR count). The van der Waals surface area contributed by atoms with E-state index in [0.29, 0.717) is 17.5 Å². The third-order valence-electron chi connectivity index (χ3n) is 7.81. The topological polar surface area (TPSA) is 38.7 Å². The minimum atomic E-state index is 0.678. The summed E-state index contributed by atoms with van der Waals surface area (Å²) in [5, 5.41) is 5.06. The van der Waals surface area contributed by atoms with E-state index in [0.717, 1.165) is 29.5 Å². The van der Waals surface area contributed by atoms with E-state index < -0.39 is 0 Å². The van der Waals surface area contributed by atoms with Gasteiger partial charge in [-0.05, 0) is 52.9 Å². The average Bonchev–Trinajstić information content (AvgIpc) is 3.44. The Kier molecular flexibility index (Phi) is 5.78. The number of allylic oxidation sites excluding steroid dienone is 4. The zero-order chi connectivity index (χ0) is 27.2. The zero-order valence-corrected chi connectivity index (χ0v) is 23.1. The van der Waals surface area contributed by atoms with Gasteiger partial charge in [-0.15, -0.1) is 11.3 Å². The molecule has 3 nitrogen and oxygen atoms in total. The fourth-order valence-corrected chi connectivity index (χ4v) is 6.94. The second kappa shape index (κ2) is 9.92. The molecular weight excluding hydrogens is 518 g/mol. The molecule has 0 bridgehead atoms. The molecule has 0 fully saturated rings. The molecule has 0 spiro atoms. The Hall–Kier alpha value is -4.93. The summed E-state index contributed by atoms with van der Waals surface area (Å²) < 4.78 is 2.62. The number of hydrogen-bond donors (Lipinski definition) is 0. The van der Waals surface area contributed by atoms with Gasteiger partial charge in [0.15, 0.2) is 17.5 Å². The summed E-state index contributed by atoms with van der Waals surface area (Å²) in [6.07, 6.45) is 8.62. The van der Waals surface area contributed by atoms with Crippen molar-refractivity contribution in [3.05, 3.63) is 133 Å². The summed E-state index contributed by atoms with van der Waals surface area (Å²) in [6.45, 7) is 0. The van der Waals surface area contributed by atoms with E-state index in [2.05, 4.69) is 109 Å². The smallest absolute Gasteiger partial charge is 0.164 e. The fourth-order valence-electron chi connectivity index (χ4n) is 5.82. The predicted molar refractivity (Wildman–Crippen MR) is 173 cm³/mol. The minimum Gasteiger partial charge on any atom is -0.208 e. The highest BCUT2D eigenvalue weighted by Gasteiger charge is 2.17. The second-order valence-electron chi connectivity index (χ2n) is 10.3. The van der Waals surface area contributed by atoms with E-state index in [9.17, 15) is 0 Å². The van der Waals surface area contributed by atoms with E-state index in [4.69, 9.17) is 15.0 Å². The Bertz CT molecular complexity index is 2160. The van der Waals surface area contributed by atoms with Crippen molar-refractivity contribution in [1.82, 2.24) is 15.0 Å². The first-order valence-electron chi connectivity index (χ1n) is 13.9. The third kappa shape index (κ3) is 4.24. The van der Waals surface area contributed by atoms with Crippen LogP contribution in [0.4, 0.5) is 0 Å². The monoisotopic (exact) mass is 543 g/mol. The van der Waals surface area contributed by atoms with Crippen LogP contribution in [0.5, 0.6) is 0 Å². The Morgan fingerprint density at radius 1 is 0.561 bits per heavy atom. The lowest BCUT2D eigenvalue weighted by Crippen LogP contribution is -2.02. The van der Waals surface area contributed by atoms with Gasteiger partial charge in [0.05, 0.1) is 0 Å². The molecule has 0 N–H and O–H groups in total. The van der Waals surface area contributed by atoms with Crippen molar-refractivity contribution in [2.75, 3.05) is 0 Å². The molecule has 5 aromatic carbocycles. The lowest BCUT2D eigenvalue weighted by molar-refractivity contribution is 1.05. The van der Waals surface area contributed by atoms with Crippen LogP contribution >= 0.6 is 11.3 Å². The van der Waals surface area contributed by atoms with Crippen molar-refractivity contribution in [3.63, 3.8) is 0 Å². The van der Waals surface area contributed by atoms with Gasteiger partial charge in [-0.3, -0.25) is 0 Å². The number of benzene rings is 5. The molecule has 0 saturated carbocycles. The van der Waals surface area contributed by atoms with Gasteiger partial charge in [-0.1, -0.05) is 109 Å². The van der Waals surface area contributed by atoms with Crippen molar-refractivity contribution < 1.29 is 0 Å². The van der Waals surface area contributed by atoms with Crippen LogP contribution in [0.15, 0.2) is 127 Å². The van der Waals surface area contributed by atoms with Crippen molar-refractivity contribution >= 4 is 47.9 Å². The van der Waals surface area contributed by atoms with Gasteiger partial charge in [0, 0.05) is 36.9 Å². The van der Waals surface area contributed by atoms with Crippen LogP contribution in [0.3, 0.4) is 0 Å². The van der Waals surface area contributed by atoms with E-state index >= 15 is 0 Å². The highest BCUT2D eigenvalue weighted by Crippen LogP contribution is 2.39. The quantitative estimate of drug-likeness (QED) is 0.222. The molecule has 7 aromatic rings. The fraction of sp³-hybridized carbons (Fsp3) is 0.0541. The Morgan fingerprint density at radius 2 is 1.32 bits per heavy atom. The van der Waals surface area contributed by atoms with Gasteiger partial charge in [0.25, 0.3) is 0 Å². The molecule has 0 aliphatic heterocycles. The van der Waals surface area contributed by atoms with Crippen LogP contribution in [0, 0.1) is 0 Å². The van der Waals surface area contributed by atoms with Gasteiger partial charge in [0.2, 0.25) is 0 Å². The van der Waals surface area contributed by atoms with Gasteiger partial charge in [-0.2, -0.15) is 0 Å². The third-order valence-corrected chi connectivity index (χ3v) is 8.95. The number of aromatic nitrogens is 3. The largest absolute Gasteiger partial charge is 0.208 e. The van der Waals surface area contributed by atoms with Gasteiger partial charge in [-0.25, -0.2) is 15.0 Å². The van der Waals surface area contributed by atoms with Crippen molar-refractivity contribution in [2.24, 2.45) is 0 Å². The first kappa shape index (κ1) is 23.9. The minimum absolute atomic E-state index is 0.678. The summed E-state index contributed by atoms with van der Waals surface area (Å²) >= 11 is 1.85. The van der Waals surface area contributed by atoms with Gasteiger partial charge in [0.1, 0.15) is 0 Å².